The number of fused-ring (bicyclic) bond motifs is 1. The van der Waals surface area contributed by atoms with E-state index in [1.165, 1.54) is 11.1 Å². The predicted octanol–water partition coefficient (Wildman–Crippen LogP) is 2.12. The minimum absolute atomic E-state index is 0.0347. The summed E-state index contributed by atoms with van der Waals surface area (Å²) in [4.78, 5) is 28.7. The third kappa shape index (κ3) is 3.66. The molecule has 0 aromatic heterocycles. The lowest BCUT2D eigenvalue weighted by Gasteiger charge is -2.31. The van der Waals surface area contributed by atoms with Gasteiger partial charge in [-0.15, -0.1) is 0 Å². The summed E-state index contributed by atoms with van der Waals surface area (Å²) in [6, 6.07) is 15.7. The van der Waals surface area contributed by atoms with Crippen molar-refractivity contribution in [3.63, 3.8) is 0 Å². The average Bonchev–Trinajstić information content (AvgIpc) is 2.75. The van der Waals surface area contributed by atoms with E-state index in [2.05, 4.69) is 17.4 Å². The summed E-state index contributed by atoms with van der Waals surface area (Å²) in [5.74, 6) is 0.0414. The molecule has 2 aromatic rings. The molecular formula is C22H25N3O3. The minimum Gasteiger partial charge on any atom is -0.370 e. The number of nitrogens with one attached hydrogen (secondary N) is 1. The summed E-state index contributed by atoms with van der Waals surface area (Å²) in [6.07, 6.45) is 0.700. The SMILES string of the molecule is CCN(C(=O)[C@@H]1Cc2ccccc2CN1)c1ccc(N2CCOCC2=O)cc1. The Balaban J connectivity index is 1.49. The number of carbonyl (C=O) groups excluding carboxylic acids is 2. The quantitative estimate of drug-likeness (QED) is 0.884. The molecule has 0 aliphatic carbocycles. The maximum atomic E-state index is 13.2. The highest BCUT2D eigenvalue weighted by Crippen LogP contribution is 2.24. The first-order valence-electron chi connectivity index (χ1n) is 9.77. The summed E-state index contributed by atoms with van der Waals surface area (Å²) < 4.78 is 5.19. The fourth-order valence-electron chi connectivity index (χ4n) is 3.89. The molecule has 1 saturated heterocycles. The second-order valence-corrected chi connectivity index (χ2v) is 7.10. The standard InChI is InChI=1S/C22H25N3O3/c1-2-24(22(27)20-13-16-5-3-4-6-17(16)14-23-20)18-7-9-19(10-8-18)25-11-12-28-15-21(25)26/h3-10,20,23H,2,11-15H2,1H3/t20-/m0/s1. The van der Waals surface area contributed by atoms with Crippen LogP contribution in [0.15, 0.2) is 48.5 Å². The van der Waals surface area contributed by atoms with Crippen LogP contribution in [0.5, 0.6) is 0 Å². The van der Waals surface area contributed by atoms with Crippen LogP contribution in [-0.4, -0.2) is 44.2 Å². The summed E-state index contributed by atoms with van der Waals surface area (Å²) in [6.45, 7) is 4.50. The fourth-order valence-corrected chi connectivity index (χ4v) is 3.89. The molecule has 1 fully saturated rings. The Hall–Kier alpha value is -2.70. The molecular weight excluding hydrogens is 354 g/mol. The van der Waals surface area contributed by atoms with Crippen molar-refractivity contribution < 1.29 is 14.3 Å². The first-order chi connectivity index (χ1) is 13.7. The van der Waals surface area contributed by atoms with Crippen molar-refractivity contribution in [2.24, 2.45) is 0 Å². The zero-order valence-corrected chi connectivity index (χ0v) is 16.1. The van der Waals surface area contributed by atoms with Gasteiger partial charge < -0.3 is 19.9 Å². The largest absolute Gasteiger partial charge is 0.370 e. The molecule has 0 saturated carbocycles. The van der Waals surface area contributed by atoms with E-state index < -0.39 is 0 Å². The van der Waals surface area contributed by atoms with Crippen LogP contribution < -0.4 is 15.1 Å². The monoisotopic (exact) mass is 379 g/mol. The molecule has 6 heteroatoms. The van der Waals surface area contributed by atoms with Crippen molar-refractivity contribution in [2.75, 3.05) is 36.1 Å². The Morgan fingerprint density at radius 3 is 2.64 bits per heavy atom. The van der Waals surface area contributed by atoms with E-state index in [9.17, 15) is 9.59 Å². The van der Waals surface area contributed by atoms with Crippen molar-refractivity contribution >= 4 is 23.2 Å². The van der Waals surface area contributed by atoms with Crippen molar-refractivity contribution in [1.82, 2.24) is 5.32 Å². The number of hydrogen-bond donors (Lipinski definition) is 1. The lowest BCUT2D eigenvalue weighted by atomic mass is 9.95. The van der Waals surface area contributed by atoms with Gasteiger partial charge in [0.2, 0.25) is 5.91 Å². The molecule has 2 amide bonds. The van der Waals surface area contributed by atoms with Gasteiger partial charge >= 0.3 is 0 Å². The smallest absolute Gasteiger partial charge is 0.253 e. The van der Waals surface area contributed by atoms with Crippen LogP contribution in [0.25, 0.3) is 0 Å². The van der Waals surface area contributed by atoms with Gasteiger partial charge in [0.05, 0.1) is 12.6 Å². The number of benzene rings is 2. The van der Waals surface area contributed by atoms with E-state index in [-0.39, 0.29) is 24.5 Å². The summed E-state index contributed by atoms with van der Waals surface area (Å²) in [5, 5.41) is 3.37. The van der Waals surface area contributed by atoms with Gasteiger partial charge in [-0.2, -0.15) is 0 Å². The lowest BCUT2D eigenvalue weighted by molar-refractivity contribution is -0.125. The Morgan fingerprint density at radius 2 is 1.93 bits per heavy atom. The first kappa shape index (κ1) is 18.7. The van der Waals surface area contributed by atoms with E-state index in [4.69, 9.17) is 4.74 Å². The maximum absolute atomic E-state index is 13.2. The summed E-state index contributed by atoms with van der Waals surface area (Å²) in [7, 11) is 0. The van der Waals surface area contributed by atoms with Crippen molar-refractivity contribution in [3.05, 3.63) is 59.7 Å². The number of rotatable bonds is 4. The highest BCUT2D eigenvalue weighted by Gasteiger charge is 2.28. The molecule has 0 spiro atoms. The first-order valence-corrected chi connectivity index (χ1v) is 9.77. The molecule has 1 atom stereocenters. The van der Waals surface area contributed by atoms with Crippen LogP contribution in [0.2, 0.25) is 0 Å². The molecule has 0 unspecified atom stereocenters. The second kappa shape index (κ2) is 8.12. The minimum atomic E-state index is -0.227. The van der Waals surface area contributed by atoms with Crippen LogP contribution in [0, 0.1) is 0 Å². The number of likely N-dealkylation sites (N-methyl/N-ethyl adjacent to an activating group) is 1. The van der Waals surface area contributed by atoms with Crippen LogP contribution in [0.3, 0.4) is 0 Å². The molecule has 2 aromatic carbocycles. The van der Waals surface area contributed by atoms with Crippen LogP contribution >= 0.6 is 0 Å². The zero-order chi connectivity index (χ0) is 19.5. The third-order valence-corrected chi connectivity index (χ3v) is 5.42. The molecule has 146 valence electrons. The van der Waals surface area contributed by atoms with Gasteiger partial charge in [-0.1, -0.05) is 24.3 Å². The van der Waals surface area contributed by atoms with Gasteiger partial charge in [0, 0.05) is 31.0 Å². The van der Waals surface area contributed by atoms with Crippen LogP contribution in [-0.2, 0) is 27.3 Å². The molecule has 0 radical (unpaired) electrons. The van der Waals surface area contributed by atoms with E-state index in [0.29, 0.717) is 32.7 Å². The van der Waals surface area contributed by atoms with E-state index in [0.717, 1.165) is 11.4 Å². The van der Waals surface area contributed by atoms with E-state index in [1.807, 2.05) is 43.3 Å². The topological polar surface area (TPSA) is 61.9 Å². The van der Waals surface area contributed by atoms with Crippen LogP contribution in [0.1, 0.15) is 18.1 Å². The molecule has 2 aliphatic heterocycles. The normalized spacial score (nSPS) is 19.2. The van der Waals surface area contributed by atoms with Crippen molar-refractivity contribution in [2.45, 2.75) is 25.9 Å². The number of hydrogen-bond acceptors (Lipinski definition) is 4. The molecule has 2 heterocycles. The van der Waals surface area contributed by atoms with Gasteiger partial charge in [0.1, 0.15) is 6.61 Å². The summed E-state index contributed by atoms with van der Waals surface area (Å²) >= 11 is 0. The molecule has 2 aliphatic rings. The average molecular weight is 379 g/mol. The Labute approximate surface area is 165 Å². The van der Waals surface area contributed by atoms with Gasteiger partial charge in [0.15, 0.2) is 0 Å². The lowest BCUT2D eigenvalue weighted by Crippen LogP contribution is -2.49. The van der Waals surface area contributed by atoms with Gasteiger partial charge in [-0.3, -0.25) is 9.59 Å². The second-order valence-electron chi connectivity index (χ2n) is 7.10. The predicted molar refractivity (Wildman–Crippen MR) is 108 cm³/mol. The molecule has 6 nitrogen and oxygen atoms in total. The van der Waals surface area contributed by atoms with E-state index >= 15 is 0 Å². The number of nitrogens with zero attached hydrogens (tertiary/aromatic N) is 2. The number of anilines is 2. The number of amides is 2. The summed E-state index contributed by atoms with van der Waals surface area (Å²) in [5.41, 5.74) is 4.17. The molecule has 28 heavy (non-hydrogen) atoms. The fraction of sp³-hybridized carbons (Fsp3) is 0.364. The van der Waals surface area contributed by atoms with Crippen molar-refractivity contribution in [3.8, 4) is 0 Å². The Bertz CT molecular complexity index is 866. The van der Waals surface area contributed by atoms with Gasteiger partial charge in [-0.05, 0) is 48.7 Å². The Kier molecular flexibility index (Phi) is 5.41. The van der Waals surface area contributed by atoms with Crippen LogP contribution in [0.4, 0.5) is 11.4 Å². The number of morpholine rings is 1. The molecule has 1 N–H and O–H groups in total. The molecule has 4 rings (SSSR count). The van der Waals surface area contributed by atoms with Crippen molar-refractivity contribution in [1.29, 1.82) is 0 Å². The molecule has 0 bridgehead atoms. The van der Waals surface area contributed by atoms with E-state index in [1.54, 1.807) is 9.80 Å². The van der Waals surface area contributed by atoms with Gasteiger partial charge in [0.25, 0.3) is 5.91 Å². The highest BCUT2D eigenvalue weighted by molar-refractivity contribution is 5.98. The number of ether oxygens (including phenoxy) is 1. The maximum Gasteiger partial charge on any atom is 0.253 e. The Morgan fingerprint density at radius 1 is 1.18 bits per heavy atom. The third-order valence-electron chi connectivity index (χ3n) is 5.42. The van der Waals surface area contributed by atoms with Gasteiger partial charge in [-0.25, -0.2) is 0 Å². The number of carbonyl (C=O) groups is 2. The highest BCUT2D eigenvalue weighted by atomic mass is 16.5. The zero-order valence-electron chi connectivity index (χ0n) is 16.1.